The average molecular weight is 337 g/mol. The highest BCUT2D eigenvalue weighted by Crippen LogP contribution is 2.22. The molecule has 1 heterocycles. The number of rotatable bonds is 4. The van der Waals surface area contributed by atoms with Gasteiger partial charge >= 0.3 is 6.16 Å². The molecule has 1 fully saturated rings. The molecule has 1 aromatic rings. The Morgan fingerprint density at radius 1 is 1.29 bits per heavy atom. The molecule has 0 aliphatic carbocycles. The monoisotopic (exact) mass is 337 g/mol. The molecule has 132 valence electrons. The molecule has 1 saturated heterocycles. The summed E-state index contributed by atoms with van der Waals surface area (Å²) in [6, 6.07) is 3.28. The van der Waals surface area contributed by atoms with Crippen molar-refractivity contribution in [2.45, 2.75) is 52.7 Å². The highest BCUT2D eigenvalue weighted by Gasteiger charge is 2.30. The summed E-state index contributed by atoms with van der Waals surface area (Å²) in [6.07, 6.45) is 0.815. The number of amides is 1. The van der Waals surface area contributed by atoms with Crippen molar-refractivity contribution >= 4 is 12.1 Å². The molecule has 2 rings (SSSR count). The fourth-order valence-corrected chi connectivity index (χ4v) is 2.99. The third-order valence-electron chi connectivity index (χ3n) is 4.15. The second-order valence-electron chi connectivity index (χ2n) is 6.06. The van der Waals surface area contributed by atoms with Gasteiger partial charge < -0.3 is 14.4 Å². The first-order valence-corrected chi connectivity index (χ1v) is 8.31. The first-order chi connectivity index (χ1) is 11.4. The number of nitrogens with zero attached hydrogens (tertiary/aromatic N) is 1. The van der Waals surface area contributed by atoms with Crippen LogP contribution in [-0.4, -0.2) is 36.3 Å². The van der Waals surface area contributed by atoms with Gasteiger partial charge in [-0.1, -0.05) is 6.07 Å². The van der Waals surface area contributed by atoms with Gasteiger partial charge in [-0.2, -0.15) is 0 Å². The summed E-state index contributed by atoms with van der Waals surface area (Å²) < 4.78 is 24.2. The van der Waals surface area contributed by atoms with Gasteiger partial charge in [0.05, 0.1) is 13.0 Å². The average Bonchev–Trinajstić information content (AvgIpc) is 2.51. The molecule has 0 N–H and O–H groups in total. The van der Waals surface area contributed by atoms with Crippen LogP contribution in [0.25, 0.3) is 0 Å². The Hall–Kier alpha value is -2.11. The lowest BCUT2D eigenvalue weighted by atomic mass is 10.0. The maximum Gasteiger partial charge on any atom is 0.510 e. The van der Waals surface area contributed by atoms with Crippen LogP contribution in [0, 0.1) is 19.7 Å². The van der Waals surface area contributed by atoms with Crippen LogP contribution in [0.5, 0.6) is 0 Å². The first kappa shape index (κ1) is 18.2. The standard InChI is InChI=1S/C18H24FNO4/c1-4-23-18(22)24-17-7-5-6-8-20(17)16(21)11-14-13(3)9-12(2)10-15(14)19/h9-10,17H,4-8,11H2,1-3H3. The van der Waals surface area contributed by atoms with Crippen molar-refractivity contribution in [3.63, 3.8) is 0 Å². The number of aryl methyl sites for hydroxylation is 2. The summed E-state index contributed by atoms with van der Waals surface area (Å²) in [4.78, 5) is 25.7. The summed E-state index contributed by atoms with van der Waals surface area (Å²) in [5.74, 6) is -0.615. The maximum absolute atomic E-state index is 14.2. The van der Waals surface area contributed by atoms with Crippen molar-refractivity contribution in [3.05, 3.63) is 34.6 Å². The molecule has 0 saturated carbocycles. The molecule has 1 amide bonds. The fourth-order valence-electron chi connectivity index (χ4n) is 2.99. The lowest BCUT2D eigenvalue weighted by molar-refractivity contribution is -0.145. The molecule has 0 aromatic heterocycles. The molecule has 0 spiro atoms. The van der Waals surface area contributed by atoms with Crippen LogP contribution < -0.4 is 0 Å². The van der Waals surface area contributed by atoms with Gasteiger partial charge in [-0.25, -0.2) is 9.18 Å². The van der Waals surface area contributed by atoms with E-state index in [1.54, 1.807) is 13.8 Å². The van der Waals surface area contributed by atoms with E-state index in [1.165, 1.54) is 11.0 Å². The zero-order valence-electron chi connectivity index (χ0n) is 14.4. The molecule has 24 heavy (non-hydrogen) atoms. The third-order valence-corrected chi connectivity index (χ3v) is 4.15. The van der Waals surface area contributed by atoms with E-state index < -0.39 is 12.4 Å². The predicted octanol–water partition coefficient (Wildman–Crippen LogP) is 3.50. The summed E-state index contributed by atoms with van der Waals surface area (Å²) in [5.41, 5.74) is 1.97. The molecule has 1 aliphatic rings. The number of piperidine rings is 1. The predicted molar refractivity (Wildman–Crippen MR) is 87.0 cm³/mol. The van der Waals surface area contributed by atoms with Crippen molar-refractivity contribution in [2.24, 2.45) is 0 Å². The van der Waals surface area contributed by atoms with Gasteiger partial charge in [0.2, 0.25) is 5.91 Å². The topological polar surface area (TPSA) is 55.8 Å². The molecule has 0 radical (unpaired) electrons. The largest absolute Gasteiger partial charge is 0.510 e. The van der Waals surface area contributed by atoms with Crippen molar-refractivity contribution in [3.8, 4) is 0 Å². The Kier molecular flexibility index (Phi) is 6.17. The van der Waals surface area contributed by atoms with E-state index in [0.29, 0.717) is 18.5 Å². The fraction of sp³-hybridized carbons (Fsp3) is 0.556. The van der Waals surface area contributed by atoms with Crippen LogP contribution in [0.1, 0.15) is 42.9 Å². The summed E-state index contributed by atoms with van der Waals surface area (Å²) in [5, 5.41) is 0. The summed E-state index contributed by atoms with van der Waals surface area (Å²) in [6.45, 7) is 6.01. The number of hydrogen-bond donors (Lipinski definition) is 0. The quantitative estimate of drug-likeness (QED) is 0.789. The lowest BCUT2D eigenvalue weighted by Gasteiger charge is -2.34. The van der Waals surface area contributed by atoms with Crippen LogP contribution in [0.2, 0.25) is 0 Å². The van der Waals surface area contributed by atoms with Crippen LogP contribution in [0.4, 0.5) is 9.18 Å². The van der Waals surface area contributed by atoms with E-state index in [1.807, 2.05) is 13.0 Å². The maximum atomic E-state index is 14.2. The van der Waals surface area contributed by atoms with Crippen molar-refractivity contribution in [1.29, 1.82) is 0 Å². The number of benzene rings is 1. The van der Waals surface area contributed by atoms with Crippen LogP contribution >= 0.6 is 0 Å². The minimum atomic E-state index is -0.778. The normalized spacial score (nSPS) is 17.5. The first-order valence-electron chi connectivity index (χ1n) is 8.31. The van der Waals surface area contributed by atoms with Gasteiger partial charge in [0.1, 0.15) is 5.82 Å². The van der Waals surface area contributed by atoms with Gasteiger partial charge in [0.15, 0.2) is 6.23 Å². The van der Waals surface area contributed by atoms with Crippen LogP contribution in [0.15, 0.2) is 12.1 Å². The van der Waals surface area contributed by atoms with Gasteiger partial charge in [-0.05, 0) is 50.8 Å². The van der Waals surface area contributed by atoms with E-state index in [0.717, 1.165) is 24.0 Å². The second kappa shape index (κ2) is 8.13. The number of carbonyl (C=O) groups excluding carboxylic acids is 2. The molecule has 0 bridgehead atoms. The van der Waals surface area contributed by atoms with E-state index >= 15 is 0 Å². The second-order valence-corrected chi connectivity index (χ2v) is 6.06. The molecular weight excluding hydrogens is 313 g/mol. The van der Waals surface area contributed by atoms with Crippen molar-refractivity contribution in [2.75, 3.05) is 13.2 Å². The van der Waals surface area contributed by atoms with Crippen molar-refractivity contribution in [1.82, 2.24) is 4.90 Å². The Balaban J connectivity index is 2.10. The Morgan fingerprint density at radius 2 is 2.04 bits per heavy atom. The highest BCUT2D eigenvalue weighted by atomic mass is 19.1. The Labute approximate surface area is 141 Å². The Morgan fingerprint density at radius 3 is 2.71 bits per heavy atom. The lowest BCUT2D eigenvalue weighted by Crippen LogP contribution is -2.46. The minimum Gasteiger partial charge on any atom is -0.435 e. The van der Waals surface area contributed by atoms with Gasteiger partial charge in [0.25, 0.3) is 0 Å². The third kappa shape index (κ3) is 4.46. The highest BCUT2D eigenvalue weighted by molar-refractivity contribution is 5.79. The summed E-state index contributed by atoms with van der Waals surface area (Å²) >= 11 is 0. The molecular formula is C18H24FNO4. The number of hydrogen-bond acceptors (Lipinski definition) is 4. The number of halogens is 1. The molecule has 6 heteroatoms. The van der Waals surface area contributed by atoms with E-state index in [2.05, 4.69) is 0 Å². The Bertz CT molecular complexity index is 594. The molecule has 1 aliphatic heterocycles. The van der Waals surface area contributed by atoms with Crippen molar-refractivity contribution < 1.29 is 23.5 Å². The molecule has 5 nitrogen and oxygen atoms in total. The smallest absolute Gasteiger partial charge is 0.435 e. The van der Waals surface area contributed by atoms with E-state index in [-0.39, 0.29) is 24.8 Å². The zero-order chi connectivity index (χ0) is 17.7. The zero-order valence-corrected chi connectivity index (χ0v) is 14.4. The van der Waals surface area contributed by atoms with Gasteiger partial charge in [-0.3, -0.25) is 4.79 Å². The number of likely N-dealkylation sites (tertiary alicyclic amines) is 1. The number of carbonyl (C=O) groups is 2. The number of ether oxygens (including phenoxy) is 2. The van der Waals surface area contributed by atoms with Crippen LogP contribution in [0.3, 0.4) is 0 Å². The minimum absolute atomic E-state index is 0.0410. The SMILES string of the molecule is CCOC(=O)OC1CCCCN1C(=O)Cc1c(C)cc(C)cc1F. The molecule has 1 unspecified atom stereocenters. The molecule has 1 atom stereocenters. The van der Waals surface area contributed by atoms with E-state index in [9.17, 15) is 14.0 Å². The summed E-state index contributed by atoms with van der Waals surface area (Å²) in [7, 11) is 0. The van der Waals surface area contributed by atoms with Gasteiger partial charge in [0, 0.05) is 18.5 Å². The van der Waals surface area contributed by atoms with E-state index in [4.69, 9.17) is 9.47 Å². The van der Waals surface area contributed by atoms with Gasteiger partial charge in [-0.15, -0.1) is 0 Å². The molecule has 1 aromatic carbocycles. The van der Waals surface area contributed by atoms with Crippen LogP contribution in [-0.2, 0) is 20.7 Å².